The van der Waals surface area contributed by atoms with E-state index in [4.69, 9.17) is 9.15 Å². The van der Waals surface area contributed by atoms with Crippen molar-refractivity contribution in [3.8, 4) is 17.2 Å². The second-order valence-electron chi connectivity index (χ2n) is 9.07. The smallest absolute Gasteiger partial charge is 0.317 e. The lowest BCUT2D eigenvalue weighted by Crippen LogP contribution is -2.51. The fourth-order valence-electron chi connectivity index (χ4n) is 6.29. The van der Waals surface area contributed by atoms with E-state index in [1.165, 1.54) is 19.3 Å². The molecule has 4 heteroatoms. The predicted molar refractivity (Wildman–Crippen MR) is 106 cm³/mol. The maximum Gasteiger partial charge on any atom is 0.317 e. The van der Waals surface area contributed by atoms with Gasteiger partial charge >= 0.3 is 5.97 Å². The van der Waals surface area contributed by atoms with Crippen molar-refractivity contribution < 1.29 is 13.9 Å². The normalized spacial score (nSPS) is 30.6. The van der Waals surface area contributed by atoms with E-state index in [9.17, 15) is 4.79 Å². The average molecular weight is 373 g/mol. The van der Waals surface area contributed by atoms with Crippen LogP contribution in [0.3, 0.4) is 0 Å². The third-order valence-electron chi connectivity index (χ3n) is 7.09. The molecule has 28 heavy (non-hydrogen) atoms. The van der Waals surface area contributed by atoms with Crippen LogP contribution in [0.15, 0.2) is 52.9 Å². The molecule has 0 N–H and O–H groups in total. The highest BCUT2D eigenvalue weighted by molar-refractivity contribution is 5.83. The van der Waals surface area contributed by atoms with Crippen LogP contribution >= 0.6 is 0 Å². The van der Waals surface area contributed by atoms with Crippen molar-refractivity contribution in [2.45, 2.75) is 38.5 Å². The van der Waals surface area contributed by atoms with E-state index in [1.54, 1.807) is 0 Å². The zero-order chi connectivity index (χ0) is 18.7. The monoisotopic (exact) mass is 373 g/mol. The number of ether oxygens (including phenoxy) is 1. The summed E-state index contributed by atoms with van der Waals surface area (Å²) in [7, 11) is 0. The third kappa shape index (κ3) is 2.50. The second-order valence-corrected chi connectivity index (χ2v) is 9.07. The molecular weight excluding hydrogens is 350 g/mol. The highest BCUT2D eigenvalue weighted by Crippen LogP contribution is 2.60. The molecule has 1 aromatic heterocycles. The van der Waals surface area contributed by atoms with Gasteiger partial charge in [-0.1, -0.05) is 24.3 Å². The van der Waals surface area contributed by atoms with Crippen LogP contribution in [0.25, 0.3) is 22.6 Å². The van der Waals surface area contributed by atoms with Gasteiger partial charge < -0.3 is 9.15 Å². The Morgan fingerprint density at radius 2 is 1.57 bits per heavy atom. The van der Waals surface area contributed by atoms with E-state index < -0.39 is 0 Å². The average Bonchev–Trinajstić information content (AvgIpc) is 3.11. The van der Waals surface area contributed by atoms with Crippen molar-refractivity contribution in [3.05, 3.63) is 48.5 Å². The molecular formula is C24H23NO3. The molecule has 4 saturated carbocycles. The van der Waals surface area contributed by atoms with Crippen molar-refractivity contribution >= 4 is 17.1 Å². The van der Waals surface area contributed by atoms with Gasteiger partial charge in [0.05, 0.1) is 11.0 Å². The minimum atomic E-state index is -0.275. The van der Waals surface area contributed by atoms with E-state index in [1.807, 2.05) is 48.5 Å². The largest absolute Gasteiger partial charge is 0.436 e. The van der Waals surface area contributed by atoms with Gasteiger partial charge in [-0.05, 0) is 80.5 Å². The molecule has 0 unspecified atom stereocenters. The molecule has 0 atom stereocenters. The van der Waals surface area contributed by atoms with Crippen molar-refractivity contribution in [3.63, 3.8) is 0 Å². The molecule has 3 aromatic rings. The first-order chi connectivity index (χ1) is 13.7. The zero-order valence-electron chi connectivity index (χ0n) is 15.8. The molecule has 1 heterocycles. The van der Waals surface area contributed by atoms with E-state index in [-0.39, 0.29) is 11.4 Å². The van der Waals surface area contributed by atoms with Crippen LogP contribution in [0, 0.1) is 23.2 Å². The van der Waals surface area contributed by atoms with Crippen LogP contribution in [0.2, 0.25) is 0 Å². The molecule has 0 amide bonds. The first-order valence-electron chi connectivity index (χ1n) is 10.4. The van der Waals surface area contributed by atoms with Crippen LogP contribution in [-0.4, -0.2) is 11.0 Å². The molecule has 4 nitrogen and oxygen atoms in total. The van der Waals surface area contributed by atoms with Crippen molar-refractivity contribution in [2.75, 3.05) is 0 Å². The molecule has 0 saturated heterocycles. The summed E-state index contributed by atoms with van der Waals surface area (Å²) in [6.07, 6.45) is 6.94. The Hall–Kier alpha value is -2.62. The van der Waals surface area contributed by atoms with Gasteiger partial charge in [-0.15, -0.1) is 0 Å². The van der Waals surface area contributed by atoms with Gasteiger partial charge in [-0.2, -0.15) is 0 Å². The molecule has 4 bridgehead atoms. The molecule has 142 valence electrons. The van der Waals surface area contributed by atoms with Crippen LogP contribution in [0.5, 0.6) is 5.75 Å². The summed E-state index contributed by atoms with van der Waals surface area (Å²) in [4.78, 5) is 17.9. The van der Waals surface area contributed by atoms with Gasteiger partial charge in [-0.3, -0.25) is 4.79 Å². The fraction of sp³-hybridized carbons (Fsp3) is 0.417. The highest BCUT2D eigenvalue weighted by atomic mass is 16.5. The molecule has 4 fully saturated rings. The van der Waals surface area contributed by atoms with Gasteiger partial charge in [0, 0.05) is 0 Å². The molecule has 0 aliphatic heterocycles. The number of fused-ring (bicyclic) bond motifs is 1. The lowest BCUT2D eigenvalue weighted by molar-refractivity contribution is -0.161. The summed E-state index contributed by atoms with van der Waals surface area (Å²) < 4.78 is 12.0. The van der Waals surface area contributed by atoms with Crippen molar-refractivity contribution in [1.82, 2.24) is 4.98 Å². The van der Waals surface area contributed by atoms with Gasteiger partial charge in [0.25, 0.3) is 0 Å². The quantitative estimate of drug-likeness (QED) is 0.442. The zero-order valence-corrected chi connectivity index (χ0v) is 15.8. The van der Waals surface area contributed by atoms with Crippen molar-refractivity contribution in [2.24, 2.45) is 23.2 Å². The molecule has 4 aliphatic rings. The maximum atomic E-state index is 13.3. The third-order valence-corrected chi connectivity index (χ3v) is 7.09. The molecule has 0 spiro atoms. The minimum Gasteiger partial charge on any atom is -0.436 e. The summed E-state index contributed by atoms with van der Waals surface area (Å²) in [5.41, 5.74) is 2.00. The van der Waals surface area contributed by atoms with E-state index >= 15 is 0 Å². The van der Waals surface area contributed by atoms with Crippen LogP contribution in [0.1, 0.15) is 38.5 Å². The standard InChI is InChI=1S/C24H23NO3/c26-23(24-12-15-9-16(13-24)11-17(10-15)14-24)28-20-7-3-1-5-18(20)22-25-19-6-2-4-8-21(19)27-22/h1-8,15-17H,9-14H2. The summed E-state index contributed by atoms with van der Waals surface area (Å²) in [5.74, 6) is 3.14. The van der Waals surface area contributed by atoms with Crippen LogP contribution in [0.4, 0.5) is 0 Å². The number of benzene rings is 2. The number of hydrogen-bond acceptors (Lipinski definition) is 4. The first kappa shape index (κ1) is 16.3. The molecule has 7 rings (SSSR count). The first-order valence-corrected chi connectivity index (χ1v) is 10.4. The molecule has 4 aliphatic carbocycles. The molecule has 2 aromatic carbocycles. The minimum absolute atomic E-state index is 0.0461. The van der Waals surface area contributed by atoms with E-state index in [0.717, 1.165) is 35.9 Å². The second kappa shape index (κ2) is 5.94. The number of nitrogens with zero attached hydrogens (tertiary/aromatic N) is 1. The number of carbonyl (C=O) groups excluding carboxylic acids is 1. The van der Waals surface area contributed by atoms with E-state index in [0.29, 0.717) is 29.4 Å². The number of hydrogen-bond donors (Lipinski definition) is 0. The molecule has 0 radical (unpaired) electrons. The Labute approximate surface area is 163 Å². The number of aromatic nitrogens is 1. The van der Waals surface area contributed by atoms with Crippen LogP contribution < -0.4 is 4.74 Å². The summed E-state index contributed by atoms with van der Waals surface area (Å²) in [6, 6.07) is 15.3. The van der Waals surface area contributed by atoms with Crippen LogP contribution in [-0.2, 0) is 4.79 Å². The number of rotatable bonds is 3. The number of esters is 1. The number of oxazole rings is 1. The number of carbonyl (C=O) groups is 1. The van der Waals surface area contributed by atoms with Gasteiger partial charge in [0.2, 0.25) is 5.89 Å². The predicted octanol–water partition coefficient (Wildman–Crippen LogP) is 5.62. The van der Waals surface area contributed by atoms with Gasteiger partial charge in [0.1, 0.15) is 11.3 Å². The Morgan fingerprint density at radius 3 is 2.29 bits per heavy atom. The van der Waals surface area contributed by atoms with Crippen molar-refractivity contribution in [1.29, 1.82) is 0 Å². The lowest BCUT2D eigenvalue weighted by atomic mass is 9.49. The summed E-state index contributed by atoms with van der Waals surface area (Å²) in [5, 5.41) is 0. The Morgan fingerprint density at radius 1 is 0.929 bits per heavy atom. The SMILES string of the molecule is O=C(Oc1ccccc1-c1nc2ccccc2o1)C12CC3CC(CC(C3)C1)C2. The van der Waals surface area contributed by atoms with Gasteiger partial charge in [0.15, 0.2) is 5.58 Å². The Balaban J connectivity index is 1.33. The highest BCUT2D eigenvalue weighted by Gasteiger charge is 2.55. The topological polar surface area (TPSA) is 52.3 Å². The maximum absolute atomic E-state index is 13.3. The summed E-state index contributed by atoms with van der Waals surface area (Å²) in [6.45, 7) is 0. The lowest BCUT2D eigenvalue weighted by Gasteiger charge is -2.55. The fourth-order valence-corrected chi connectivity index (χ4v) is 6.29. The van der Waals surface area contributed by atoms with Gasteiger partial charge in [-0.25, -0.2) is 4.98 Å². The number of para-hydroxylation sites is 3. The Bertz CT molecular complexity index is 998. The Kier molecular flexibility index (Phi) is 3.47. The van der Waals surface area contributed by atoms with E-state index in [2.05, 4.69) is 4.98 Å². The summed E-state index contributed by atoms with van der Waals surface area (Å²) >= 11 is 0.